The number of carbonyl (C=O) groups excluding carboxylic acids is 1. The Labute approximate surface area is 268 Å². The van der Waals surface area contributed by atoms with Crippen LogP contribution in [-0.4, -0.2) is 67.5 Å². The predicted octanol–water partition coefficient (Wildman–Crippen LogP) is 7.84. The molecule has 10 heteroatoms. The van der Waals surface area contributed by atoms with E-state index in [1.165, 1.54) is 37.3 Å². The summed E-state index contributed by atoms with van der Waals surface area (Å²) in [5.41, 5.74) is 1.24. The molecule has 2 atom stereocenters. The van der Waals surface area contributed by atoms with Gasteiger partial charge in [0, 0.05) is 36.6 Å². The molecule has 2 aromatic carbocycles. The van der Waals surface area contributed by atoms with Crippen LogP contribution in [-0.2, 0) is 4.74 Å². The topological polar surface area (TPSA) is 98.3 Å². The van der Waals surface area contributed by atoms with Crippen molar-refractivity contribution in [2.24, 2.45) is 11.8 Å². The van der Waals surface area contributed by atoms with Crippen molar-refractivity contribution in [1.29, 1.82) is 0 Å². The summed E-state index contributed by atoms with van der Waals surface area (Å²) in [4.78, 5) is 27.1. The lowest BCUT2D eigenvalue weighted by Crippen LogP contribution is -2.36. The summed E-state index contributed by atoms with van der Waals surface area (Å²) in [7, 11) is 3.13. The minimum Gasteiger partial charge on any atom is -0.497 e. The zero-order chi connectivity index (χ0) is 32.2. The number of rotatable bonds is 15. The highest BCUT2D eigenvalue weighted by Gasteiger charge is 2.31. The summed E-state index contributed by atoms with van der Waals surface area (Å²) in [6.07, 6.45) is 6.56. The molecule has 0 bridgehead atoms. The van der Waals surface area contributed by atoms with Crippen molar-refractivity contribution in [3.8, 4) is 17.2 Å². The van der Waals surface area contributed by atoms with E-state index in [-0.39, 0.29) is 17.9 Å². The minimum absolute atomic E-state index is 0.130. The van der Waals surface area contributed by atoms with E-state index in [1.54, 1.807) is 44.7 Å². The number of carbonyl (C=O) groups is 1. The van der Waals surface area contributed by atoms with Gasteiger partial charge in [0.25, 0.3) is 0 Å². The van der Waals surface area contributed by atoms with Gasteiger partial charge in [-0.3, -0.25) is 0 Å². The summed E-state index contributed by atoms with van der Waals surface area (Å²) < 4.78 is 23.3. The lowest BCUT2D eigenvalue weighted by molar-refractivity contribution is 0.0419. The molecular formula is C35H49N5O5. The van der Waals surface area contributed by atoms with Crippen LogP contribution in [0.1, 0.15) is 59.8 Å². The molecular weight excluding hydrogens is 570 g/mol. The van der Waals surface area contributed by atoms with Crippen LogP contribution in [0.2, 0.25) is 0 Å². The molecule has 1 aliphatic rings. The summed E-state index contributed by atoms with van der Waals surface area (Å²) >= 11 is 0. The van der Waals surface area contributed by atoms with Crippen LogP contribution in [0.5, 0.6) is 17.2 Å². The minimum atomic E-state index is -0.554. The number of ether oxygens (including phenoxy) is 4. The van der Waals surface area contributed by atoms with E-state index >= 15 is 0 Å². The zero-order valence-electron chi connectivity index (χ0n) is 27.6. The molecule has 1 aromatic heterocycles. The lowest BCUT2D eigenvalue weighted by atomic mass is 9.93. The molecule has 2 unspecified atom stereocenters. The molecule has 0 spiro atoms. The van der Waals surface area contributed by atoms with E-state index in [1.807, 2.05) is 24.3 Å². The summed E-state index contributed by atoms with van der Waals surface area (Å²) in [6, 6.07) is 14.6. The number of benzene rings is 2. The maximum absolute atomic E-state index is 14.0. The van der Waals surface area contributed by atoms with Crippen molar-refractivity contribution < 1.29 is 23.7 Å². The second-order valence-electron chi connectivity index (χ2n) is 11.8. The lowest BCUT2D eigenvalue weighted by Gasteiger charge is -2.30. The van der Waals surface area contributed by atoms with Crippen molar-refractivity contribution in [1.82, 2.24) is 14.9 Å². The summed E-state index contributed by atoms with van der Waals surface area (Å²) in [6.45, 7) is 12.4. The highest BCUT2D eigenvalue weighted by molar-refractivity contribution is 5.97. The van der Waals surface area contributed by atoms with Crippen LogP contribution >= 0.6 is 0 Å². The van der Waals surface area contributed by atoms with Gasteiger partial charge in [0.15, 0.2) is 0 Å². The van der Waals surface area contributed by atoms with Gasteiger partial charge in [-0.15, -0.1) is 0 Å². The Morgan fingerprint density at radius 1 is 1.00 bits per heavy atom. The Balaban J connectivity index is 1.54. The zero-order valence-corrected chi connectivity index (χ0v) is 27.6. The van der Waals surface area contributed by atoms with Crippen LogP contribution in [0.4, 0.5) is 27.9 Å². The van der Waals surface area contributed by atoms with Crippen LogP contribution < -0.4 is 24.4 Å². The standard InChI is InChI=1S/C35H49N5O5/c1-7-26(4)33(25(2)3)45-35(41)40(30-16-15-28(42-5)24-31(30)43-6)32-17-18-36-34(38-32)37-27-13-11-14-29(23-27)44-22-12-21-39-19-9-8-10-20-39/h11,13-18,23-26,33H,7-10,12,19-22H2,1-6H3,(H,36,37,38). The summed E-state index contributed by atoms with van der Waals surface area (Å²) in [5, 5.41) is 3.26. The molecule has 0 saturated carbocycles. The van der Waals surface area contributed by atoms with E-state index in [9.17, 15) is 4.79 Å². The molecule has 0 aliphatic carbocycles. The Morgan fingerprint density at radius 2 is 1.80 bits per heavy atom. The number of amides is 1. The predicted molar refractivity (Wildman–Crippen MR) is 178 cm³/mol. The van der Waals surface area contributed by atoms with Crippen molar-refractivity contribution in [3.63, 3.8) is 0 Å². The van der Waals surface area contributed by atoms with Gasteiger partial charge in [0.05, 0.1) is 26.5 Å². The molecule has 45 heavy (non-hydrogen) atoms. The molecule has 2 heterocycles. The van der Waals surface area contributed by atoms with Gasteiger partial charge < -0.3 is 29.2 Å². The van der Waals surface area contributed by atoms with Crippen LogP contribution in [0.25, 0.3) is 0 Å². The first kappa shape index (κ1) is 33.8. The van der Waals surface area contributed by atoms with Gasteiger partial charge in [0.2, 0.25) is 5.95 Å². The number of nitrogens with zero attached hydrogens (tertiary/aromatic N) is 4. The number of methoxy groups -OCH3 is 2. The largest absolute Gasteiger partial charge is 0.497 e. The normalized spacial score (nSPS) is 14.8. The Kier molecular flexibility index (Phi) is 12.7. The first-order valence-corrected chi connectivity index (χ1v) is 16.1. The maximum atomic E-state index is 14.0. The third-order valence-electron chi connectivity index (χ3n) is 8.21. The highest BCUT2D eigenvalue weighted by Crippen LogP contribution is 2.37. The van der Waals surface area contributed by atoms with Gasteiger partial charge in [-0.25, -0.2) is 14.7 Å². The fraction of sp³-hybridized carbons (Fsp3) is 0.514. The van der Waals surface area contributed by atoms with Crippen molar-refractivity contribution in [3.05, 3.63) is 54.7 Å². The molecule has 10 nitrogen and oxygen atoms in total. The molecule has 4 rings (SSSR count). The van der Waals surface area contributed by atoms with Crippen LogP contribution in [0, 0.1) is 11.8 Å². The molecule has 1 aliphatic heterocycles. The Hall–Kier alpha value is -4.05. The third kappa shape index (κ3) is 9.47. The van der Waals surface area contributed by atoms with E-state index in [4.69, 9.17) is 23.9 Å². The average Bonchev–Trinajstić information content (AvgIpc) is 3.06. The smallest absolute Gasteiger partial charge is 0.420 e. The van der Waals surface area contributed by atoms with Crippen LogP contribution in [0.3, 0.4) is 0 Å². The second-order valence-corrected chi connectivity index (χ2v) is 11.8. The third-order valence-corrected chi connectivity index (χ3v) is 8.21. The molecule has 1 N–H and O–H groups in total. The quantitative estimate of drug-likeness (QED) is 0.171. The van der Waals surface area contributed by atoms with E-state index in [0.717, 1.165) is 30.8 Å². The van der Waals surface area contributed by atoms with E-state index < -0.39 is 6.09 Å². The van der Waals surface area contributed by atoms with Crippen LogP contribution in [0.15, 0.2) is 54.7 Å². The molecule has 0 radical (unpaired) electrons. The number of hydrogen-bond acceptors (Lipinski definition) is 9. The van der Waals surface area contributed by atoms with Gasteiger partial charge >= 0.3 is 6.09 Å². The first-order valence-electron chi connectivity index (χ1n) is 16.1. The number of piperidine rings is 1. The van der Waals surface area contributed by atoms with Crippen molar-refractivity contribution >= 4 is 29.2 Å². The van der Waals surface area contributed by atoms with Crippen molar-refractivity contribution in [2.45, 2.75) is 65.9 Å². The van der Waals surface area contributed by atoms with Crippen molar-refractivity contribution in [2.75, 3.05) is 50.7 Å². The molecule has 1 fully saturated rings. The molecule has 1 saturated heterocycles. The van der Waals surface area contributed by atoms with E-state index in [0.29, 0.717) is 35.6 Å². The fourth-order valence-electron chi connectivity index (χ4n) is 5.58. The van der Waals surface area contributed by atoms with Gasteiger partial charge in [0.1, 0.15) is 29.2 Å². The number of anilines is 4. The monoisotopic (exact) mass is 619 g/mol. The number of hydrogen-bond donors (Lipinski definition) is 1. The van der Waals surface area contributed by atoms with Gasteiger partial charge in [-0.05, 0) is 68.5 Å². The second kappa shape index (κ2) is 16.9. The maximum Gasteiger partial charge on any atom is 0.420 e. The average molecular weight is 620 g/mol. The first-order chi connectivity index (χ1) is 21.8. The Bertz CT molecular complexity index is 1360. The van der Waals surface area contributed by atoms with Gasteiger partial charge in [-0.2, -0.15) is 4.98 Å². The highest BCUT2D eigenvalue weighted by atomic mass is 16.6. The number of likely N-dealkylation sites (tertiary alicyclic amines) is 1. The number of aromatic nitrogens is 2. The fourth-order valence-corrected chi connectivity index (χ4v) is 5.58. The number of nitrogens with one attached hydrogen (secondary N) is 1. The molecule has 3 aromatic rings. The SMILES string of the molecule is CCC(C)C(OC(=O)N(c1ccnc(Nc2cccc(OCCCN3CCCCC3)c2)n1)c1ccc(OC)cc1OC)C(C)C. The van der Waals surface area contributed by atoms with E-state index in [2.05, 4.69) is 42.9 Å². The summed E-state index contributed by atoms with van der Waals surface area (Å²) in [5.74, 6) is 2.77. The molecule has 1 amide bonds. The van der Waals surface area contributed by atoms with Gasteiger partial charge in [-0.1, -0.05) is 46.6 Å². The molecule has 244 valence electrons. The Morgan fingerprint density at radius 3 is 2.51 bits per heavy atom.